The van der Waals surface area contributed by atoms with E-state index in [0.717, 1.165) is 76.8 Å². The third kappa shape index (κ3) is 5.83. The number of likely N-dealkylation sites (tertiary alicyclic amines) is 1. The van der Waals surface area contributed by atoms with Gasteiger partial charge in [0, 0.05) is 31.9 Å². The number of anilines is 1. The SMILES string of the molecule is O=C(O)C(c1ccccc1)N1CCC(OCCCCc2ccc3c(n2)CCCN3)CC1. The minimum Gasteiger partial charge on any atom is -0.480 e. The molecule has 1 unspecified atom stereocenters. The second-order valence-corrected chi connectivity index (χ2v) is 8.54. The van der Waals surface area contributed by atoms with E-state index in [1.165, 1.54) is 17.1 Å². The monoisotopic (exact) mass is 423 g/mol. The number of fused-ring (bicyclic) bond motifs is 1. The third-order valence-corrected chi connectivity index (χ3v) is 6.31. The molecule has 0 saturated carbocycles. The third-order valence-electron chi connectivity index (χ3n) is 6.31. The zero-order valence-corrected chi connectivity index (χ0v) is 18.1. The Morgan fingerprint density at radius 1 is 1.16 bits per heavy atom. The van der Waals surface area contributed by atoms with Crippen LogP contribution in [0.5, 0.6) is 0 Å². The number of hydrogen-bond acceptors (Lipinski definition) is 5. The summed E-state index contributed by atoms with van der Waals surface area (Å²) in [6.45, 7) is 3.32. The van der Waals surface area contributed by atoms with Crippen molar-refractivity contribution in [2.24, 2.45) is 0 Å². The highest BCUT2D eigenvalue weighted by Gasteiger charge is 2.31. The molecule has 0 spiro atoms. The van der Waals surface area contributed by atoms with Gasteiger partial charge in [-0.15, -0.1) is 0 Å². The average molecular weight is 424 g/mol. The maximum atomic E-state index is 11.8. The fourth-order valence-electron chi connectivity index (χ4n) is 4.62. The number of nitrogens with one attached hydrogen (secondary N) is 1. The molecule has 1 fully saturated rings. The van der Waals surface area contributed by atoms with Crippen LogP contribution < -0.4 is 5.32 Å². The topological polar surface area (TPSA) is 74.7 Å². The molecule has 2 N–H and O–H groups in total. The largest absolute Gasteiger partial charge is 0.480 e. The smallest absolute Gasteiger partial charge is 0.325 e. The zero-order chi connectivity index (χ0) is 21.5. The Bertz CT molecular complexity index is 850. The van der Waals surface area contributed by atoms with Crippen LogP contribution in [0.3, 0.4) is 0 Å². The summed E-state index contributed by atoms with van der Waals surface area (Å²) in [5.74, 6) is -0.780. The second kappa shape index (κ2) is 10.7. The summed E-state index contributed by atoms with van der Waals surface area (Å²) in [5, 5.41) is 13.1. The molecular formula is C25H33N3O3. The van der Waals surface area contributed by atoms with Gasteiger partial charge in [-0.25, -0.2) is 0 Å². The van der Waals surface area contributed by atoms with Crippen LogP contribution in [0.4, 0.5) is 5.69 Å². The summed E-state index contributed by atoms with van der Waals surface area (Å²) < 4.78 is 6.10. The number of carboxylic acid groups (broad SMARTS) is 1. The van der Waals surface area contributed by atoms with Crippen LogP contribution >= 0.6 is 0 Å². The van der Waals surface area contributed by atoms with E-state index in [9.17, 15) is 9.90 Å². The zero-order valence-electron chi connectivity index (χ0n) is 18.1. The molecule has 2 aliphatic rings. The number of piperidine rings is 1. The fourth-order valence-corrected chi connectivity index (χ4v) is 4.62. The Labute approximate surface area is 184 Å². The Kier molecular flexibility index (Phi) is 7.54. The van der Waals surface area contributed by atoms with Crippen LogP contribution in [0.25, 0.3) is 0 Å². The van der Waals surface area contributed by atoms with Crippen LogP contribution in [0, 0.1) is 0 Å². The number of unbranched alkanes of at least 4 members (excludes halogenated alkanes) is 1. The van der Waals surface area contributed by atoms with Crippen molar-refractivity contribution < 1.29 is 14.6 Å². The van der Waals surface area contributed by atoms with Gasteiger partial charge in [-0.2, -0.15) is 0 Å². The molecular weight excluding hydrogens is 390 g/mol. The summed E-state index contributed by atoms with van der Waals surface area (Å²) in [6.07, 6.45) is 7.33. The molecule has 166 valence electrons. The van der Waals surface area contributed by atoms with Crippen LogP contribution in [0.15, 0.2) is 42.5 Å². The number of carboxylic acids is 1. The molecule has 0 amide bonds. The maximum Gasteiger partial charge on any atom is 0.325 e. The lowest BCUT2D eigenvalue weighted by Crippen LogP contribution is -2.42. The summed E-state index contributed by atoms with van der Waals surface area (Å²) >= 11 is 0. The highest BCUT2D eigenvalue weighted by molar-refractivity contribution is 5.75. The number of hydrogen-bond donors (Lipinski definition) is 2. The molecule has 1 aromatic heterocycles. The minimum absolute atomic E-state index is 0.231. The molecule has 1 atom stereocenters. The number of benzene rings is 1. The molecule has 2 aliphatic heterocycles. The van der Waals surface area contributed by atoms with E-state index >= 15 is 0 Å². The first-order valence-corrected chi connectivity index (χ1v) is 11.6. The number of pyridine rings is 1. The molecule has 3 heterocycles. The Balaban J connectivity index is 1.16. The standard InChI is InChI=1S/C25H33N3O3/c29-25(30)24(19-7-2-1-3-8-19)28-16-13-21(14-17-28)31-18-5-4-9-20-11-12-22-23(27-20)10-6-15-26-22/h1-3,7-8,11-12,21,24,26H,4-6,9-10,13-18H2,(H,29,30). The lowest BCUT2D eigenvalue weighted by Gasteiger charge is -2.35. The van der Waals surface area contributed by atoms with Crippen LogP contribution in [0.2, 0.25) is 0 Å². The average Bonchev–Trinajstić information content (AvgIpc) is 2.80. The van der Waals surface area contributed by atoms with Gasteiger partial charge in [-0.05, 0) is 62.6 Å². The number of nitrogens with zero attached hydrogens (tertiary/aromatic N) is 2. The predicted octanol–water partition coefficient (Wildman–Crippen LogP) is 4.07. The molecule has 1 saturated heterocycles. The lowest BCUT2D eigenvalue weighted by molar-refractivity contribution is -0.144. The van der Waals surface area contributed by atoms with Crippen LogP contribution in [-0.4, -0.2) is 53.3 Å². The summed E-state index contributed by atoms with van der Waals surface area (Å²) in [6, 6.07) is 13.3. The van der Waals surface area contributed by atoms with Crippen LogP contribution in [0.1, 0.15) is 55.1 Å². The highest BCUT2D eigenvalue weighted by atomic mass is 16.5. The Morgan fingerprint density at radius 2 is 1.97 bits per heavy atom. The van der Waals surface area contributed by atoms with Crippen molar-refractivity contribution in [1.29, 1.82) is 0 Å². The first-order valence-electron chi connectivity index (χ1n) is 11.6. The Morgan fingerprint density at radius 3 is 2.74 bits per heavy atom. The predicted molar refractivity (Wildman–Crippen MR) is 121 cm³/mol. The number of carbonyl (C=O) groups is 1. The minimum atomic E-state index is -0.780. The van der Waals surface area contributed by atoms with Crippen molar-refractivity contribution >= 4 is 11.7 Å². The molecule has 0 aliphatic carbocycles. The van der Waals surface area contributed by atoms with Gasteiger partial charge in [-0.1, -0.05) is 30.3 Å². The van der Waals surface area contributed by atoms with Crippen molar-refractivity contribution in [3.8, 4) is 0 Å². The molecule has 31 heavy (non-hydrogen) atoms. The number of aliphatic carboxylic acids is 1. The van der Waals surface area contributed by atoms with Crippen molar-refractivity contribution in [3.63, 3.8) is 0 Å². The van der Waals surface area contributed by atoms with Crippen LogP contribution in [-0.2, 0) is 22.4 Å². The van der Waals surface area contributed by atoms with Crippen molar-refractivity contribution in [1.82, 2.24) is 9.88 Å². The maximum absolute atomic E-state index is 11.8. The van der Waals surface area contributed by atoms with Gasteiger partial charge in [-0.3, -0.25) is 14.7 Å². The first-order chi connectivity index (χ1) is 15.2. The van der Waals surface area contributed by atoms with Gasteiger partial charge < -0.3 is 15.2 Å². The fraction of sp³-hybridized carbons (Fsp3) is 0.520. The van der Waals surface area contributed by atoms with Crippen molar-refractivity contribution in [3.05, 3.63) is 59.4 Å². The van der Waals surface area contributed by atoms with Gasteiger partial charge in [0.1, 0.15) is 6.04 Å². The number of aryl methyl sites for hydroxylation is 2. The summed E-state index contributed by atoms with van der Waals surface area (Å²) in [4.78, 5) is 18.7. The normalized spacial score (nSPS) is 18.2. The Hall–Kier alpha value is -2.44. The van der Waals surface area contributed by atoms with Crippen molar-refractivity contribution in [2.75, 3.05) is 31.6 Å². The molecule has 2 aromatic rings. The van der Waals surface area contributed by atoms with Crippen molar-refractivity contribution in [2.45, 2.75) is 57.1 Å². The van der Waals surface area contributed by atoms with Gasteiger partial charge in [0.15, 0.2) is 0 Å². The van der Waals surface area contributed by atoms with E-state index < -0.39 is 12.0 Å². The van der Waals surface area contributed by atoms with E-state index in [1.807, 2.05) is 30.3 Å². The highest BCUT2D eigenvalue weighted by Crippen LogP contribution is 2.26. The van der Waals surface area contributed by atoms with E-state index in [2.05, 4.69) is 22.3 Å². The van der Waals surface area contributed by atoms with E-state index in [0.29, 0.717) is 0 Å². The summed E-state index contributed by atoms with van der Waals surface area (Å²) in [5.41, 5.74) is 4.43. The summed E-state index contributed by atoms with van der Waals surface area (Å²) in [7, 11) is 0. The van der Waals surface area contributed by atoms with Gasteiger partial charge in [0.05, 0.1) is 17.5 Å². The second-order valence-electron chi connectivity index (χ2n) is 8.54. The molecule has 6 heteroatoms. The quantitative estimate of drug-likeness (QED) is 0.592. The number of ether oxygens (including phenoxy) is 1. The van der Waals surface area contributed by atoms with E-state index in [-0.39, 0.29) is 6.10 Å². The van der Waals surface area contributed by atoms with E-state index in [1.54, 1.807) is 0 Å². The van der Waals surface area contributed by atoms with E-state index in [4.69, 9.17) is 9.72 Å². The lowest BCUT2D eigenvalue weighted by atomic mass is 10.0. The van der Waals surface area contributed by atoms with Gasteiger partial charge >= 0.3 is 5.97 Å². The van der Waals surface area contributed by atoms with Gasteiger partial charge in [0.2, 0.25) is 0 Å². The molecule has 0 radical (unpaired) electrons. The molecule has 4 rings (SSSR count). The number of aromatic nitrogens is 1. The molecule has 6 nitrogen and oxygen atoms in total. The first kappa shape index (κ1) is 21.8. The number of rotatable bonds is 9. The molecule has 1 aromatic carbocycles. The molecule has 0 bridgehead atoms. The van der Waals surface area contributed by atoms with Gasteiger partial charge in [0.25, 0.3) is 0 Å².